The predicted molar refractivity (Wildman–Crippen MR) is 122 cm³/mol. The van der Waals surface area contributed by atoms with Crippen LogP contribution in [0.4, 0.5) is 0 Å². The minimum Gasteiger partial charge on any atom is -0.491 e. The van der Waals surface area contributed by atoms with Gasteiger partial charge in [0.05, 0.1) is 35.2 Å². The third kappa shape index (κ3) is 4.73. The predicted octanol–water partition coefficient (Wildman–Crippen LogP) is 2.57. The second kappa shape index (κ2) is 9.50. The topological polar surface area (TPSA) is 111 Å². The molecule has 0 radical (unpaired) electrons. The molecule has 4 rings (SSSR count). The highest BCUT2D eigenvalue weighted by Crippen LogP contribution is 2.34. The number of hydrogen-bond donors (Lipinski definition) is 1. The molecule has 0 amide bonds. The molecule has 1 N–H and O–H groups in total. The first-order valence-corrected chi connectivity index (χ1v) is 12.1. The fourth-order valence-electron chi connectivity index (χ4n) is 4.20. The van der Waals surface area contributed by atoms with Crippen molar-refractivity contribution in [2.45, 2.75) is 24.3 Å². The largest absolute Gasteiger partial charge is 0.491 e. The summed E-state index contributed by atoms with van der Waals surface area (Å²) < 4.78 is 40.3. The van der Waals surface area contributed by atoms with E-state index < -0.39 is 16.0 Å². The molecule has 1 saturated heterocycles. The number of methoxy groups -OCH3 is 1. The summed E-state index contributed by atoms with van der Waals surface area (Å²) in [5.74, 6) is -0.381. The molecule has 0 unspecified atom stereocenters. The van der Waals surface area contributed by atoms with E-state index in [0.29, 0.717) is 31.2 Å². The van der Waals surface area contributed by atoms with Crippen molar-refractivity contribution in [3.8, 4) is 5.75 Å². The molecule has 10 heteroatoms. The SMILES string of the molecule is COCCOc1ccc(S(=O)(=O)N2C[C@@H](C)[C@@H](n3nc(CC(=O)O)c4ccccc43)C2)cc1. The molecule has 2 heterocycles. The molecular weight excluding hydrogens is 446 g/mol. The molecule has 176 valence electrons. The number of aromatic nitrogens is 2. The number of para-hydroxylation sites is 1. The smallest absolute Gasteiger partial charge is 0.309 e. The number of carboxylic acid groups (broad SMARTS) is 1. The maximum Gasteiger partial charge on any atom is 0.309 e. The number of benzene rings is 2. The summed E-state index contributed by atoms with van der Waals surface area (Å²) >= 11 is 0. The highest BCUT2D eigenvalue weighted by Gasteiger charge is 2.39. The molecule has 0 saturated carbocycles. The zero-order valence-electron chi connectivity index (χ0n) is 18.5. The molecule has 1 aromatic heterocycles. The van der Waals surface area contributed by atoms with Gasteiger partial charge in [-0.25, -0.2) is 8.42 Å². The van der Waals surface area contributed by atoms with Crippen LogP contribution in [-0.4, -0.2) is 67.0 Å². The lowest BCUT2D eigenvalue weighted by Gasteiger charge is -2.18. The molecule has 1 aliphatic heterocycles. The molecular formula is C23H27N3O6S. The maximum absolute atomic E-state index is 13.3. The lowest BCUT2D eigenvalue weighted by Crippen LogP contribution is -2.29. The Hall–Kier alpha value is -2.95. The third-order valence-corrected chi connectivity index (χ3v) is 7.73. The van der Waals surface area contributed by atoms with Crippen molar-refractivity contribution in [3.63, 3.8) is 0 Å². The van der Waals surface area contributed by atoms with E-state index in [9.17, 15) is 18.3 Å². The Labute approximate surface area is 192 Å². The number of ether oxygens (including phenoxy) is 2. The van der Waals surface area contributed by atoms with Gasteiger partial charge in [0.15, 0.2) is 0 Å². The standard InChI is InChI=1S/C23H27N3O6S/c1-16-14-25(33(29,30)18-9-7-17(8-10-18)32-12-11-31-2)15-22(16)26-21-6-4-3-5-19(21)20(24-26)13-23(27)28/h3-10,16,22H,11-15H2,1-2H3,(H,27,28)/t16-,22+/m1/s1. The molecule has 9 nitrogen and oxygen atoms in total. The number of carboxylic acids is 1. The van der Waals surface area contributed by atoms with E-state index in [-0.39, 0.29) is 29.8 Å². The van der Waals surface area contributed by atoms with E-state index in [0.717, 1.165) is 10.9 Å². The monoisotopic (exact) mass is 473 g/mol. The summed E-state index contributed by atoms with van der Waals surface area (Å²) in [6, 6.07) is 13.6. The highest BCUT2D eigenvalue weighted by atomic mass is 32.2. The minimum absolute atomic E-state index is 0.00240. The molecule has 0 spiro atoms. The highest BCUT2D eigenvalue weighted by molar-refractivity contribution is 7.89. The Balaban J connectivity index is 1.57. The summed E-state index contributed by atoms with van der Waals surface area (Å²) in [5, 5.41) is 14.6. The fourth-order valence-corrected chi connectivity index (χ4v) is 5.76. The Morgan fingerprint density at radius 3 is 2.55 bits per heavy atom. The van der Waals surface area contributed by atoms with Crippen LogP contribution in [0.15, 0.2) is 53.4 Å². The van der Waals surface area contributed by atoms with E-state index in [1.807, 2.05) is 31.2 Å². The van der Waals surface area contributed by atoms with Gasteiger partial charge in [0, 0.05) is 25.6 Å². The summed E-state index contributed by atoms with van der Waals surface area (Å²) in [7, 11) is -2.12. The molecule has 3 aromatic rings. The normalized spacial score (nSPS) is 19.2. The van der Waals surface area contributed by atoms with Crippen LogP contribution in [0.25, 0.3) is 10.9 Å². The zero-order valence-corrected chi connectivity index (χ0v) is 19.4. The Morgan fingerprint density at radius 1 is 1.12 bits per heavy atom. The molecule has 33 heavy (non-hydrogen) atoms. The summed E-state index contributed by atoms with van der Waals surface area (Å²) in [4.78, 5) is 11.5. The van der Waals surface area contributed by atoms with Crippen molar-refractivity contribution >= 4 is 26.9 Å². The first-order chi connectivity index (χ1) is 15.8. The first kappa shape index (κ1) is 23.2. The quantitative estimate of drug-likeness (QED) is 0.476. The number of fused-ring (bicyclic) bond motifs is 1. The van der Waals surface area contributed by atoms with E-state index in [1.54, 1.807) is 36.1 Å². The minimum atomic E-state index is -3.70. The average molecular weight is 474 g/mol. The number of rotatable bonds is 9. The van der Waals surface area contributed by atoms with E-state index >= 15 is 0 Å². The van der Waals surface area contributed by atoms with Crippen LogP contribution in [0.3, 0.4) is 0 Å². The van der Waals surface area contributed by atoms with Gasteiger partial charge in [0.25, 0.3) is 0 Å². The molecule has 0 bridgehead atoms. The first-order valence-electron chi connectivity index (χ1n) is 10.7. The summed E-state index contributed by atoms with van der Waals surface area (Å²) in [5.41, 5.74) is 1.29. The van der Waals surface area contributed by atoms with Crippen LogP contribution in [0.1, 0.15) is 18.7 Å². The Bertz CT molecular complexity index is 1240. The van der Waals surface area contributed by atoms with Crippen LogP contribution in [0, 0.1) is 5.92 Å². The van der Waals surface area contributed by atoms with E-state index in [1.165, 1.54) is 4.31 Å². The molecule has 1 fully saturated rings. The second-order valence-electron chi connectivity index (χ2n) is 8.16. The van der Waals surface area contributed by atoms with Gasteiger partial charge in [-0.1, -0.05) is 25.1 Å². The maximum atomic E-state index is 13.3. The van der Waals surface area contributed by atoms with Gasteiger partial charge in [-0.05, 0) is 36.2 Å². The zero-order chi connectivity index (χ0) is 23.6. The second-order valence-corrected chi connectivity index (χ2v) is 10.1. The van der Waals surface area contributed by atoms with Crippen LogP contribution >= 0.6 is 0 Å². The number of sulfonamides is 1. The van der Waals surface area contributed by atoms with Gasteiger partial charge in [0.2, 0.25) is 10.0 Å². The lowest BCUT2D eigenvalue weighted by molar-refractivity contribution is -0.136. The number of nitrogens with zero attached hydrogens (tertiary/aromatic N) is 3. The van der Waals surface area contributed by atoms with Crippen molar-refractivity contribution in [2.24, 2.45) is 5.92 Å². The van der Waals surface area contributed by atoms with Gasteiger partial charge in [-0.2, -0.15) is 9.40 Å². The summed E-state index contributed by atoms with van der Waals surface area (Å²) in [6.07, 6.45) is -0.185. The van der Waals surface area contributed by atoms with Crippen molar-refractivity contribution < 1.29 is 27.8 Å². The number of hydrogen-bond acceptors (Lipinski definition) is 6. The van der Waals surface area contributed by atoms with Crippen molar-refractivity contribution in [1.29, 1.82) is 0 Å². The average Bonchev–Trinajstić information content (AvgIpc) is 3.35. The van der Waals surface area contributed by atoms with Crippen LogP contribution in [0.5, 0.6) is 5.75 Å². The molecule has 2 aromatic carbocycles. The Kier molecular flexibility index (Phi) is 6.68. The van der Waals surface area contributed by atoms with Crippen LogP contribution in [0.2, 0.25) is 0 Å². The number of carbonyl (C=O) groups is 1. The molecule has 1 aliphatic rings. The summed E-state index contributed by atoms with van der Waals surface area (Å²) in [6.45, 7) is 3.43. The van der Waals surface area contributed by atoms with Gasteiger partial charge < -0.3 is 14.6 Å². The molecule has 2 atom stereocenters. The van der Waals surface area contributed by atoms with Crippen molar-refractivity contribution in [1.82, 2.24) is 14.1 Å². The third-order valence-electron chi connectivity index (χ3n) is 5.88. The van der Waals surface area contributed by atoms with Gasteiger partial charge in [-0.15, -0.1) is 0 Å². The van der Waals surface area contributed by atoms with E-state index in [4.69, 9.17) is 9.47 Å². The van der Waals surface area contributed by atoms with Gasteiger partial charge in [-0.3, -0.25) is 9.48 Å². The van der Waals surface area contributed by atoms with Crippen LogP contribution < -0.4 is 4.74 Å². The molecule has 0 aliphatic carbocycles. The Morgan fingerprint density at radius 2 is 1.85 bits per heavy atom. The number of aliphatic carboxylic acids is 1. The lowest BCUT2D eigenvalue weighted by atomic mass is 10.1. The van der Waals surface area contributed by atoms with Crippen molar-refractivity contribution in [3.05, 3.63) is 54.2 Å². The van der Waals surface area contributed by atoms with Gasteiger partial charge in [0.1, 0.15) is 12.4 Å². The van der Waals surface area contributed by atoms with Crippen molar-refractivity contribution in [2.75, 3.05) is 33.4 Å². The fraction of sp³-hybridized carbons (Fsp3) is 0.391. The van der Waals surface area contributed by atoms with Gasteiger partial charge >= 0.3 is 5.97 Å². The van der Waals surface area contributed by atoms with E-state index in [2.05, 4.69) is 5.10 Å². The van der Waals surface area contributed by atoms with Crippen LogP contribution in [-0.2, 0) is 26.0 Å².